The van der Waals surface area contributed by atoms with E-state index < -0.39 is 25.9 Å². The lowest BCUT2D eigenvalue weighted by Crippen LogP contribution is -2.38. The Morgan fingerprint density at radius 3 is 2.12 bits per heavy atom. The summed E-state index contributed by atoms with van der Waals surface area (Å²) in [5.74, 6) is -1.00. The van der Waals surface area contributed by atoms with Crippen LogP contribution in [0.2, 0.25) is 0 Å². The van der Waals surface area contributed by atoms with Crippen molar-refractivity contribution in [1.29, 1.82) is 0 Å². The number of hydrogen-bond donors (Lipinski definition) is 1. The van der Waals surface area contributed by atoms with Gasteiger partial charge in [0.05, 0.1) is 11.5 Å². The molecule has 0 spiro atoms. The number of nitrogens with one attached hydrogen (secondary N) is 1. The molecule has 0 atom stereocenters. The van der Waals surface area contributed by atoms with Crippen molar-refractivity contribution in [1.82, 2.24) is 9.03 Å². The molecule has 2 rings (SSSR count). The SMILES string of the molecule is O=S(=O)(Cc1ccc(F)cc1)NCCS(=O)(=O)N1CCCCCC1. The molecule has 1 aliphatic heterocycles. The predicted molar refractivity (Wildman–Crippen MR) is 90.9 cm³/mol. The lowest BCUT2D eigenvalue weighted by molar-refractivity contribution is 0.423. The molecule has 1 heterocycles. The van der Waals surface area contributed by atoms with Gasteiger partial charge in [-0.05, 0) is 30.5 Å². The van der Waals surface area contributed by atoms with Gasteiger partial charge in [0.25, 0.3) is 0 Å². The molecule has 0 amide bonds. The highest BCUT2D eigenvalue weighted by Crippen LogP contribution is 2.13. The van der Waals surface area contributed by atoms with E-state index in [9.17, 15) is 21.2 Å². The molecule has 1 fully saturated rings. The van der Waals surface area contributed by atoms with Crippen LogP contribution in [-0.4, -0.2) is 46.5 Å². The first kappa shape index (κ1) is 19.3. The van der Waals surface area contributed by atoms with Crippen molar-refractivity contribution in [3.05, 3.63) is 35.6 Å². The Hall–Kier alpha value is -1.03. The number of nitrogens with zero attached hydrogens (tertiary/aromatic N) is 1. The van der Waals surface area contributed by atoms with Gasteiger partial charge in [-0.25, -0.2) is 30.3 Å². The highest BCUT2D eigenvalue weighted by Gasteiger charge is 2.23. The van der Waals surface area contributed by atoms with Crippen LogP contribution in [0.4, 0.5) is 4.39 Å². The summed E-state index contributed by atoms with van der Waals surface area (Å²) in [6.07, 6.45) is 3.73. The van der Waals surface area contributed by atoms with Crippen LogP contribution in [0.15, 0.2) is 24.3 Å². The first-order valence-corrected chi connectivity index (χ1v) is 11.2. The Kier molecular flexibility index (Phi) is 6.73. The second kappa shape index (κ2) is 8.37. The third-order valence-corrected chi connectivity index (χ3v) is 7.14. The number of hydrogen-bond acceptors (Lipinski definition) is 4. The number of rotatable bonds is 7. The van der Waals surface area contributed by atoms with Crippen LogP contribution in [-0.2, 0) is 25.8 Å². The van der Waals surface area contributed by atoms with Gasteiger partial charge in [-0.3, -0.25) is 0 Å². The molecule has 1 aromatic carbocycles. The van der Waals surface area contributed by atoms with Crippen LogP contribution >= 0.6 is 0 Å². The van der Waals surface area contributed by atoms with E-state index >= 15 is 0 Å². The first-order chi connectivity index (χ1) is 11.3. The maximum absolute atomic E-state index is 12.8. The van der Waals surface area contributed by atoms with Crippen LogP contribution in [0, 0.1) is 5.82 Å². The van der Waals surface area contributed by atoms with Crippen molar-refractivity contribution in [3.8, 4) is 0 Å². The van der Waals surface area contributed by atoms with Crippen molar-refractivity contribution in [2.75, 3.05) is 25.4 Å². The third kappa shape index (κ3) is 6.12. The van der Waals surface area contributed by atoms with Crippen molar-refractivity contribution in [2.24, 2.45) is 0 Å². The predicted octanol–water partition coefficient (Wildman–Crippen LogP) is 1.45. The number of halogens is 1. The van der Waals surface area contributed by atoms with Crippen LogP contribution in [0.1, 0.15) is 31.2 Å². The summed E-state index contributed by atoms with van der Waals surface area (Å²) in [5.41, 5.74) is 0.444. The molecule has 1 saturated heterocycles. The molecule has 1 N–H and O–H groups in total. The Labute approximate surface area is 143 Å². The topological polar surface area (TPSA) is 83.5 Å². The minimum absolute atomic E-state index is 0.164. The standard InChI is InChI=1S/C15H23FN2O4S2/c16-15-7-5-14(6-8-15)13-23(19,20)17-9-12-24(21,22)18-10-3-1-2-4-11-18/h5-8,17H,1-4,9-13H2. The highest BCUT2D eigenvalue weighted by molar-refractivity contribution is 7.89. The van der Waals surface area contributed by atoms with Crippen molar-refractivity contribution in [3.63, 3.8) is 0 Å². The maximum Gasteiger partial charge on any atom is 0.215 e. The molecule has 1 aliphatic rings. The van der Waals surface area contributed by atoms with E-state index in [2.05, 4.69) is 4.72 Å². The summed E-state index contributed by atoms with van der Waals surface area (Å²) in [6.45, 7) is 0.845. The normalized spacial score (nSPS) is 17.5. The van der Waals surface area contributed by atoms with Gasteiger partial charge in [-0.15, -0.1) is 0 Å². The summed E-state index contributed by atoms with van der Waals surface area (Å²) in [5, 5.41) is 0. The van der Waals surface area contributed by atoms with Gasteiger partial charge in [-0.2, -0.15) is 0 Å². The Morgan fingerprint density at radius 2 is 1.54 bits per heavy atom. The van der Waals surface area contributed by atoms with Crippen LogP contribution in [0.25, 0.3) is 0 Å². The average molecular weight is 378 g/mol. The zero-order valence-corrected chi connectivity index (χ0v) is 15.1. The smallest absolute Gasteiger partial charge is 0.214 e. The van der Waals surface area contributed by atoms with Gasteiger partial charge in [0.2, 0.25) is 20.0 Å². The number of benzene rings is 1. The first-order valence-electron chi connectivity index (χ1n) is 7.98. The average Bonchev–Trinajstić information content (AvgIpc) is 2.78. The largest absolute Gasteiger partial charge is 0.215 e. The lowest BCUT2D eigenvalue weighted by atomic mass is 10.2. The quantitative estimate of drug-likeness (QED) is 0.778. The maximum atomic E-state index is 12.8. The summed E-state index contributed by atoms with van der Waals surface area (Å²) < 4.78 is 65.1. The second-order valence-corrected chi connectivity index (χ2v) is 9.80. The zero-order chi connectivity index (χ0) is 17.6. The molecule has 136 valence electrons. The van der Waals surface area contributed by atoms with Crippen LogP contribution in [0.5, 0.6) is 0 Å². The van der Waals surface area contributed by atoms with Gasteiger partial charge in [0, 0.05) is 19.6 Å². The molecule has 0 unspecified atom stereocenters. The monoisotopic (exact) mass is 378 g/mol. The van der Waals surface area contributed by atoms with Gasteiger partial charge in [0.15, 0.2) is 0 Å². The van der Waals surface area contributed by atoms with Crippen LogP contribution < -0.4 is 4.72 Å². The van der Waals surface area contributed by atoms with E-state index in [4.69, 9.17) is 0 Å². The minimum Gasteiger partial charge on any atom is -0.214 e. The summed E-state index contributed by atoms with van der Waals surface area (Å²) >= 11 is 0. The molecule has 24 heavy (non-hydrogen) atoms. The molecule has 0 radical (unpaired) electrons. The summed E-state index contributed by atoms with van der Waals surface area (Å²) in [7, 11) is -7.11. The van der Waals surface area contributed by atoms with Gasteiger partial charge < -0.3 is 0 Å². The van der Waals surface area contributed by atoms with Crippen LogP contribution in [0.3, 0.4) is 0 Å². The van der Waals surface area contributed by atoms with E-state index in [-0.39, 0.29) is 18.1 Å². The Morgan fingerprint density at radius 1 is 0.958 bits per heavy atom. The second-order valence-electron chi connectivity index (χ2n) is 5.91. The highest BCUT2D eigenvalue weighted by atomic mass is 32.2. The Bertz CT molecular complexity index is 725. The van der Waals surface area contributed by atoms with E-state index in [0.717, 1.165) is 25.7 Å². The van der Waals surface area contributed by atoms with Crippen molar-refractivity contribution in [2.45, 2.75) is 31.4 Å². The minimum atomic E-state index is -3.66. The zero-order valence-electron chi connectivity index (χ0n) is 13.4. The lowest BCUT2D eigenvalue weighted by Gasteiger charge is -2.19. The summed E-state index contributed by atoms with van der Waals surface area (Å²) in [4.78, 5) is 0. The van der Waals surface area contributed by atoms with E-state index in [1.165, 1.54) is 28.6 Å². The molecule has 9 heteroatoms. The molecule has 0 aromatic heterocycles. The van der Waals surface area contributed by atoms with Gasteiger partial charge >= 0.3 is 0 Å². The fourth-order valence-electron chi connectivity index (χ4n) is 2.63. The molecule has 0 saturated carbocycles. The van der Waals surface area contributed by atoms with Crippen molar-refractivity contribution >= 4 is 20.0 Å². The van der Waals surface area contributed by atoms with E-state index in [0.29, 0.717) is 18.7 Å². The van der Waals surface area contributed by atoms with E-state index in [1.807, 2.05) is 0 Å². The molecule has 6 nitrogen and oxygen atoms in total. The van der Waals surface area contributed by atoms with Crippen molar-refractivity contribution < 1.29 is 21.2 Å². The summed E-state index contributed by atoms with van der Waals surface area (Å²) in [6, 6.07) is 5.16. The third-order valence-electron chi connectivity index (χ3n) is 3.91. The fourth-order valence-corrected chi connectivity index (χ4v) is 5.33. The molecule has 0 bridgehead atoms. The molecular formula is C15H23FN2O4S2. The molecule has 0 aliphatic carbocycles. The van der Waals surface area contributed by atoms with E-state index in [1.54, 1.807) is 0 Å². The van der Waals surface area contributed by atoms with Gasteiger partial charge in [-0.1, -0.05) is 25.0 Å². The number of sulfonamides is 2. The Balaban J connectivity index is 1.86. The molecule has 1 aromatic rings. The fraction of sp³-hybridized carbons (Fsp3) is 0.600. The van der Waals surface area contributed by atoms with Gasteiger partial charge in [0.1, 0.15) is 5.82 Å². The molecular weight excluding hydrogens is 355 g/mol.